The first-order valence-corrected chi connectivity index (χ1v) is 10.8. The number of methoxy groups -OCH3 is 1. The van der Waals surface area contributed by atoms with Gasteiger partial charge in [-0.2, -0.15) is 0 Å². The highest BCUT2D eigenvalue weighted by Gasteiger charge is 2.16. The van der Waals surface area contributed by atoms with Gasteiger partial charge in [0.05, 0.1) is 12.7 Å². The second kappa shape index (κ2) is 10.4. The van der Waals surface area contributed by atoms with Crippen molar-refractivity contribution >= 4 is 43.7 Å². The van der Waals surface area contributed by atoms with Crippen molar-refractivity contribution < 1.29 is 14.3 Å². The number of hydrogen-bond donors (Lipinski definition) is 2. The number of carbonyl (C=O) groups excluding carboxylic acids is 2. The monoisotopic (exact) mass is 530 g/mol. The van der Waals surface area contributed by atoms with Crippen LogP contribution < -0.4 is 15.4 Å². The third-order valence-electron chi connectivity index (χ3n) is 4.44. The van der Waals surface area contributed by atoms with E-state index >= 15 is 0 Å². The summed E-state index contributed by atoms with van der Waals surface area (Å²) in [6, 6.07) is 20.2. The molecule has 30 heavy (non-hydrogen) atoms. The van der Waals surface area contributed by atoms with E-state index in [0.29, 0.717) is 30.0 Å². The zero-order valence-corrected chi connectivity index (χ0v) is 19.4. The molecule has 0 aliphatic heterocycles. The zero-order valence-electron chi connectivity index (χ0n) is 16.2. The molecular weight excluding hydrogens is 512 g/mol. The molecule has 0 fully saturated rings. The molecule has 0 aliphatic carbocycles. The van der Waals surface area contributed by atoms with E-state index in [9.17, 15) is 9.59 Å². The lowest BCUT2D eigenvalue weighted by molar-refractivity contribution is 0.0948. The summed E-state index contributed by atoms with van der Waals surface area (Å²) in [5.74, 6) is -0.160. The summed E-state index contributed by atoms with van der Waals surface area (Å²) < 4.78 is 7.26. The third-order valence-corrected chi connectivity index (χ3v) is 5.50. The molecule has 2 amide bonds. The smallest absolute Gasteiger partial charge is 0.255 e. The van der Waals surface area contributed by atoms with Gasteiger partial charge in [0.25, 0.3) is 11.8 Å². The van der Waals surface area contributed by atoms with E-state index in [1.165, 1.54) is 7.11 Å². The van der Waals surface area contributed by atoms with Crippen LogP contribution in [0.1, 0.15) is 31.8 Å². The van der Waals surface area contributed by atoms with E-state index in [-0.39, 0.29) is 11.8 Å². The maximum atomic E-state index is 12.7. The highest BCUT2D eigenvalue weighted by Crippen LogP contribution is 2.20. The Hall–Kier alpha value is -2.64. The molecule has 0 aromatic heterocycles. The van der Waals surface area contributed by atoms with E-state index in [1.54, 1.807) is 18.2 Å². The molecule has 7 heteroatoms. The Morgan fingerprint density at radius 1 is 0.767 bits per heavy atom. The maximum Gasteiger partial charge on any atom is 0.255 e. The molecule has 0 atom stereocenters. The van der Waals surface area contributed by atoms with Crippen LogP contribution in [0.25, 0.3) is 0 Å². The lowest BCUT2D eigenvalue weighted by atomic mass is 10.1. The molecule has 0 radical (unpaired) electrons. The molecule has 0 saturated carbocycles. The van der Waals surface area contributed by atoms with Crippen molar-refractivity contribution in [2.45, 2.75) is 13.1 Å². The molecule has 5 nitrogen and oxygen atoms in total. The summed E-state index contributed by atoms with van der Waals surface area (Å²) in [5, 5.41) is 5.74. The Labute approximate surface area is 192 Å². The fourth-order valence-electron chi connectivity index (χ4n) is 2.79. The van der Waals surface area contributed by atoms with E-state index in [4.69, 9.17) is 4.74 Å². The van der Waals surface area contributed by atoms with Gasteiger partial charge in [0, 0.05) is 27.6 Å². The molecule has 0 spiro atoms. The number of benzene rings is 3. The summed E-state index contributed by atoms with van der Waals surface area (Å²) in [5.41, 5.74) is 2.65. The number of halogens is 2. The van der Waals surface area contributed by atoms with E-state index in [0.717, 1.165) is 20.1 Å². The van der Waals surface area contributed by atoms with E-state index in [1.807, 2.05) is 48.5 Å². The molecule has 0 aliphatic rings. The maximum absolute atomic E-state index is 12.7. The molecule has 0 bridgehead atoms. The van der Waals surface area contributed by atoms with Gasteiger partial charge < -0.3 is 15.4 Å². The van der Waals surface area contributed by atoms with E-state index < -0.39 is 0 Å². The van der Waals surface area contributed by atoms with Crippen LogP contribution in [0.2, 0.25) is 0 Å². The highest BCUT2D eigenvalue weighted by atomic mass is 79.9. The van der Waals surface area contributed by atoms with Crippen LogP contribution in [0.5, 0.6) is 5.75 Å². The largest absolute Gasteiger partial charge is 0.496 e. The van der Waals surface area contributed by atoms with Crippen LogP contribution in [0.15, 0.2) is 75.7 Å². The van der Waals surface area contributed by atoms with Gasteiger partial charge in [-0.1, -0.05) is 56.1 Å². The number of ether oxygens (including phenoxy) is 1. The van der Waals surface area contributed by atoms with Crippen molar-refractivity contribution in [3.8, 4) is 5.75 Å². The van der Waals surface area contributed by atoms with Crippen molar-refractivity contribution in [3.05, 3.63) is 97.9 Å². The fourth-order valence-corrected chi connectivity index (χ4v) is 3.32. The Morgan fingerprint density at radius 2 is 1.27 bits per heavy atom. The zero-order chi connectivity index (χ0) is 21.5. The van der Waals surface area contributed by atoms with Gasteiger partial charge >= 0.3 is 0 Å². The summed E-state index contributed by atoms with van der Waals surface area (Å²) in [6.45, 7) is 0.762. The Bertz CT molecular complexity index is 1040. The van der Waals surface area contributed by atoms with Crippen molar-refractivity contribution in [1.82, 2.24) is 10.6 Å². The van der Waals surface area contributed by atoms with Gasteiger partial charge in [0.1, 0.15) is 5.75 Å². The van der Waals surface area contributed by atoms with E-state index in [2.05, 4.69) is 42.5 Å². The van der Waals surface area contributed by atoms with Crippen LogP contribution in [-0.4, -0.2) is 18.9 Å². The minimum absolute atomic E-state index is 0.262. The predicted octanol–water partition coefficient (Wildman–Crippen LogP) is 5.08. The normalized spacial score (nSPS) is 10.4. The van der Waals surface area contributed by atoms with Crippen molar-refractivity contribution in [2.24, 2.45) is 0 Å². The molecule has 0 saturated heterocycles. The lowest BCUT2D eigenvalue weighted by Crippen LogP contribution is -2.26. The van der Waals surface area contributed by atoms with Crippen molar-refractivity contribution in [3.63, 3.8) is 0 Å². The molecule has 0 unspecified atom stereocenters. The molecule has 154 valence electrons. The summed E-state index contributed by atoms with van der Waals surface area (Å²) >= 11 is 6.78. The highest BCUT2D eigenvalue weighted by molar-refractivity contribution is 9.10. The van der Waals surface area contributed by atoms with Gasteiger partial charge in [-0.3, -0.25) is 9.59 Å². The number of nitrogens with one attached hydrogen (secondary N) is 2. The topological polar surface area (TPSA) is 67.4 Å². The molecule has 3 aromatic carbocycles. The van der Waals surface area contributed by atoms with Gasteiger partial charge in [-0.15, -0.1) is 0 Å². The first-order chi connectivity index (χ1) is 14.5. The third kappa shape index (κ3) is 5.93. The second-order valence-electron chi connectivity index (χ2n) is 6.53. The van der Waals surface area contributed by atoms with Crippen LogP contribution in [0, 0.1) is 0 Å². The molecule has 3 aromatic rings. The van der Waals surface area contributed by atoms with Gasteiger partial charge in [-0.25, -0.2) is 0 Å². The first-order valence-electron chi connectivity index (χ1n) is 9.19. The molecule has 0 heterocycles. The molecule has 3 rings (SSSR count). The average Bonchev–Trinajstić information content (AvgIpc) is 2.77. The number of amides is 2. The quantitative estimate of drug-likeness (QED) is 0.446. The molecule has 2 N–H and O–H groups in total. The summed E-state index contributed by atoms with van der Waals surface area (Å²) in [4.78, 5) is 25.3. The minimum Gasteiger partial charge on any atom is -0.496 e. The van der Waals surface area contributed by atoms with Crippen LogP contribution in [0.3, 0.4) is 0 Å². The van der Waals surface area contributed by atoms with Gasteiger partial charge in [0.15, 0.2) is 0 Å². The number of hydrogen-bond acceptors (Lipinski definition) is 3. The summed E-state index contributed by atoms with van der Waals surface area (Å²) in [7, 11) is 1.49. The fraction of sp³-hybridized carbons (Fsp3) is 0.130. The predicted molar refractivity (Wildman–Crippen MR) is 124 cm³/mol. The Balaban J connectivity index is 1.68. The molecular formula is C23H20Br2N2O3. The van der Waals surface area contributed by atoms with Crippen LogP contribution in [0.4, 0.5) is 0 Å². The van der Waals surface area contributed by atoms with Crippen LogP contribution in [-0.2, 0) is 13.1 Å². The SMILES string of the molecule is COc1ccc(C(=O)NCc2ccc(Br)cc2)cc1C(=O)NCc1ccc(Br)cc1. The standard InChI is InChI=1S/C23H20Br2N2O3/c1-30-21-11-6-17(22(28)26-13-15-2-7-18(24)8-3-15)12-20(21)23(29)27-14-16-4-9-19(25)10-5-16/h2-12H,13-14H2,1H3,(H,26,28)(H,27,29). The Kier molecular flexibility index (Phi) is 7.65. The minimum atomic E-state index is -0.308. The van der Waals surface area contributed by atoms with Gasteiger partial charge in [-0.05, 0) is 53.6 Å². The first kappa shape index (κ1) is 22.1. The van der Waals surface area contributed by atoms with Crippen LogP contribution >= 0.6 is 31.9 Å². The van der Waals surface area contributed by atoms with Crippen molar-refractivity contribution in [1.29, 1.82) is 0 Å². The van der Waals surface area contributed by atoms with Gasteiger partial charge in [0.2, 0.25) is 0 Å². The summed E-state index contributed by atoms with van der Waals surface area (Å²) in [6.07, 6.45) is 0. The van der Waals surface area contributed by atoms with Crippen molar-refractivity contribution in [2.75, 3.05) is 7.11 Å². The average molecular weight is 532 g/mol. The second-order valence-corrected chi connectivity index (χ2v) is 8.36. The Morgan fingerprint density at radius 3 is 1.77 bits per heavy atom. The lowest BCUT2D eigenvalue weighted by Gasteiger charge is -2.12. The number of rotatable bonds is 7. The number of carbonyl (C=O) groups is 2.